The number of piperidine rings is 1. The molecule has 0 aliphatic carbocycles. The van der Waals surface area contributed by atoms with E-state index in [-0.39, 0.29) is 25.0 Å². The number of nitrogens with zero attached hydrogens (tertiary/aromatic N) is 2. The number of fused-ring (bicyclic) bond motifs is 1. The number of carbonyl (C=O) groups is 2. The summed E-state index contributed by atoms with van der Waals surface area (Å²) in [5, 5.41) is 2.86. The molecule has 4 rings (SSSR count). The molecular formula is C25H31N3O4. The second kappa shape index (κ2) is 10.5. The van der Waals surface area contributed by atoms with Crippen molar-refractivity contribution in [3.63, 3.8) is 0 Å². The summed E-state index contributed by atoms with van der Waals surface area (Å²) in [7, 11) is 0. The fourth-order valence-electron chi connectivity index (χ4n) is 4.15. The largest absolute Gasteiger partial charge is 0.484 e. The van der Waals surface area contributed by atoms with E-state index in [4.69, 9.17) is 9.47 Å². The summed E-state index contributed by atoms with van der Waals surface area (Å²) in [6.07, 6.45) is 4.63. The minimum absolute atomic E-state index is 0.0450. The molecule has 1 N–H and O–H groups in total. The first-order chi connectivity index (χ1) is 15.6. The Kier molecular flexibility index (Phi) is 7.27. The molecule has 170 valence electrons. The topological polar surface area (TPSA) is 71.1 Å². The number of hydrogen-bond donors (Lipinski definition) is 1. The smallest absolute Gasteiger partial charge is 0.265 e. The molecular weight excluding hydrogens is 406 g/mol. The van der Waals surface area contributed by atoms with Gasteiger partial charge in [0.05, 0.1) is 5.69 Å². The van der Waals surface area contributed by atoms with Crippen LogP contribution in [0.5, 0.6) is 11.5 Å². The summed E-state index contributed by atoms with van der Waals surface area (Å²) in [6.45, 7) is 5.66. The third kappa shape index (κ3) is 5.59. The van der Waals surface area contributed by atoms with Crippen LogP contribution >= 0.6 is 0 Å². The highest BCUT2D eigenvalue weighted by molar-refractivity contribution is 5.99. The predicted molar refractivity (Wildman–Crippen MR) is 125 cm³/mol. The summed E-state index contributed by atoms with van der Waals surface area (Å²) in [5.74, 6) is 1.02. The summed E-state index contributed by atoms with van der Waals surface area (Å²) >= 11 is 0. The summed E-state index contributed by atoms with van der Waals surface area (Å²) in [6, 6.07) is 13.1. The second-order valence-electron chi connectivity index (χ2n) is 8.26. The van der Waals surface area contributed by atoms with E-state index in [0.29, 0.717) is 29.4 Å². The molecule has 2 aromatic carbocycles. The molecule has 2 aromatic rings. The van der Waals surface area contributed by atoms with Crippen LogP contribution in [0.2, 0.25) is 0 Å². The maximum atomic E-state index is 12.5. The van der Waals surface area contributed by atoms with E-state index < -0.39 is 0 Å². The number of likely N-dealkylation sites (tertiary alicyclic amines) is 1. The monoisotopic (exact) mass is 437 g/mol. The maximum Gasteiger partial charge on any atom is 0.265 e. The Balaban J connectivity index is 1.38. The number of nitrogens with one attached hydrogen (secondary N) is 1. The van der Waals surface area contributed by atoms with Crippen LogP contribution in [0.4, 0.5) is 11.4 Å². The zero-order valence-corrected chi connectivity index (χ0v) is 18.6. The van der Waals surface area contributed by atoms with Crippen molar-refractivity contribution in [1.29, 1.82) is 0 Å². The van der Waals surface area contributed by atoms with Crippen molar-refractivity contribution in [3.05, 3.63) is 48.0 Å². The molecule has 0 unspecified atom stereocenters. The Morgan fingerprint density at radius 3 is 2.75 bits per heavy atom. The number of amides is 2. The first-order valence-corrected chi connectivity index (χ1v) is 11.4. The molecule has 0 radical (unpaired) electrons. The van der Waals surface area contributed by atoms with Crippen LogP contribution < -0.4 is 19.7 Å². The van der Waals surface area contributed by atoms with Crippen LogP contribution in [0.25, 0.3) is 0 Å². The average molecular weight is 438 g/mol. The van der Waals surface area contributed by atoms with E-state index in [9.17, 15) is 9.59 Å². The average Bonchev–Trinajstić information content (AvgIpc) is 2.83. The van der Waals surface area contributed by atoms with E-state index in [2.05, 4.69) is 17.1 Å². The quantitative estimate of drug-likeness (QED) is 0.685. The van der Waals surface area contributed by atoms with Gasteiger partial charge in [-0.3, -0.25) is 9.59 Å². The molecule has 0 atom stereocenters. The minimum atomic E-state index is -0.255. The lowest BCUT2D eigenvalue weighted by Gasteiger charge is -2.33. The Morgan fingerprint density at radius 1 is 1.09 bits per heavy atom. The molecule has 0 bridgehead atoms. The summed E-state index contributed by atoms with van der Waals surface area (Å²) in [4.78, 5) is 29.2. The van der Waals surface area contributed by atoms with Crippen molar-refractivity contribution in [3.8, 4) is 11.5 Å². The number of anilines is 2. The normalized spacial score (nSPS) is 16.3. The Bertz CT molecular complexity index is 956. The molecule has 1 saturated heterocycles. The van der Waals surface area contributed by atoms with E-state index in [0.717, 1.165) is 31.6 Å². The van der Waals surface area contributed by atoms with Gasteiger partial charge in [-0.15, -0.1) is 0 Å². The van der Waals surface area contributed by atoms with Gasteiger partial charge in [0.2, 0.25) is 0 Å². The standard InChI is InChI=1S/C25H31N3O4/c1-2-19-7-6-8-21(15-19)31-17-24(29)26-20-9-10-23-22(16-20)28(25(30)18-32-23)14-13-27-11-4-3-5-12-27/h6-10,15-16H,2-5,11-14,17-18H2,1H3,(H,26,29). The van der Waals surface area contributed by atoms with Gasteiger partial charge in [0.15, 0.2) is 13.2 Å². The van der Waals surface area contributed by atoms with E-state index in [1.807, 2.05) is 24.3 Å². The molecule has 0 aromatic heterocycles. The zero-order valence-electron chi connectivity index (χ0n) is 18.6. The van der Waals surface area contributed by atoms with Crippen LogP contribution in [0.1, 0.15) is 31.7 Å². The highest BCUT2D eigenvalue weighted by Crippen LogP contribution is 2.34. The molecule has 2 amide bonds. The van der Waals surface area contributed by atoms with Crippen molar-refractivity contribution < 1.29 is 19.1 Å². The van der Waals surface area contributed by atoms with Gasteiger partial charge in [0, 0.05) is 18.8 Å². The molecule has 0 spiro atoms. The lowest BCUT2D eigenvalue weighted by molar-refractivity contribution is -0.121. The van der Waals surface area contributed by atoms with Gasteiger partial charge < -0.3 is 24.6 Å². The van der Waals surface area contributed by atoms with Crippen LogP contribution in [-0.4, -0.2) is 56.1 Å². The Morgan fingerprint density at radius 2 is 1.94 bits per heavy atom. The SMILES string of the molecule is CCc1cccc(OCC(=O)Nc2ccc3c(c2)N(CCN2CCCCC2)C(=O)CO3)c1. The predicted octanol–water partition coefficient (Wildman–Crippen LogP) is 3.48. The van der Waals surface area contributed by atoms with Crippen molar-refractivity contribution >= 4 is 23.2 Å². The minimum Gasteiger partial charge on any atom is -0.484 e. The fourth-order valence-corrected chi connectivity index (χ4v) is 4.15. The van der Waals surface area contributed by atoms with Gasteiger partial charge in [0.25, 0.3) is 11.8 Å². The van der Waals surface area contributed by atoms with Crippen LogP contribution in [0.3, 0.4) is 0 Å². The number of carbonyl (C=O) groups excluding carboxylic acids is 2. The molecule has 2 aliphatic heterocycles. The molecule has 1 fully saturated rings. The second-order valence-corrected chi connectivity index (χ2v) is 8.26. The number of benzene rings is 2. The molecule has 7 nitrogen and oxygen atoms in total. The van der Waals surface area contributed by atoms with Gasteiger partial charge in [-0.2, -0.15) is 0 Å². The number of aryl methyl sites for hydroxylation is 1. The van der Waals surface area contributed by atoms with Gasteiger partial charge in [-0.1, -0.05) is 25.5 Å². The zero-order chi connectivity index (χ0) is 22.3. The molecule has 2 heterocycles. The van der Waals surface area contributed by atoms with Gasteiger partial charge >= 0.3 is 0 Å². The van der Waals surface area contributed by atoms with Crippen LogP contribution in [-0.2, 0) is 16.0 Å². The fraction of sp³-hybridized carbons (Fsp3) is 0.440. The Labute approximate surface area is 189 Å². The Hall–Kier alpha value is -3.06. The first-order valence-electron chi connectivity index (χ1n) is 11.4. The van der Waals surface area contributed by atoms with Crippen molar-refractivity contribution in [2.24, 2.45) is 0 Å². The van der Waals surface area contributed by atoms with E-state index in [1.54, 1.807) is 23.1 Å². The molecule has 32 heavy (non-hydrogen) atoms. The highest BCUT2D eigenvalue weighted by atomic mass is 16.5. The number of ether oxygens (including phenoxy) is 2. The third-order valence-electron chi connectivity index (χ3n) is 5.95. The lowest BCUT2D eigenvalue weighted by Crippen LogP contribution is -2.44. The van der Waals surface area contributed by atoms with Crippen molar-refractivity contribution in [2.75, 3.05) is 49.6 Å². The third-order valence-corrected chi connectivity index (χ3v) is 5.95. The van der Waals surface area contributed by atoms with Crippen LogP contribution in [0, 0.1) is 0 Å². The van der Waals surface area contributed by atoms with Crippen molar-refractivity contribution in [1.82, 2.24) is 4.90 Å². The van der Waals surface area contributed by atoms with E-state index >= 15 is 0 Å². The first kappa shape index (κ1) is 22.1. The van der Waals surface area contributed by atoms with Gasteiger partial charge in [-0.05, 0) is 68.2 Å². The van der Waals surface area contributed by atoms with Crippen molar-refractivity contribution in [2.45, 2.75) is 32.6 Å². The van der Waals surface area contributed by atoms with Gasteiger partial charge in [0.1, 0.15) is 11.5 Å². The summed E-state index contributed by atoms with van der Waals surface area (Å²) in [5.41, 5.74) is 2.47. The maximum absolute atomic E-state index is 12.5. The van der Waals surface area contributed by atoms with E-state index in [1.165, 1.54) is 19.3 Å². The molecule has 0 saturated carbocycles. The highest BCUT2D eigenvalue weighted by Gasteiger charge is 2.26. The van der Waals surface area contributed by atoms with Crippen LogP contribution in [0.15, 0.2) is 42.5 Å². The molecule has 2 aliphatic rings. The lowest BCUT2D eigenvalue weighted by atomic mass is 10.1. The number of hydrogen-bond acceptors (Lipinski definition) is 5. The van der Waals surface area contributed by atoms with Gasteiger partial charge in [-0.25, -0.2) is 0 Å². The molecule has 7 heteroatoms. The summed E-state index contributed by atoms with van der Waals surface area (Å²) < 4.78 is 11.2. The number of rotatable bonds is 8.